The van der Waals surface area contributed by atoms with Gasteiger partial charge in [0.15, 0.2) is 0 Å². The summed E-state index contributed by atoms with van der Waals surface area (Å²) >= 11 is 0. The number of hydrogen-bond acceptors (Lipinski definition) is 3. The van der Waals surface area contributed by atoms with Crippen molar-refractivity contribution in [3.05, 3.63) is 0 Å². The number of carbonyl (C=O) groups is 2. The van der Waals surface area contributed by atoms with E-state index in [2.05, 4.69) is 21.9 Å². The predicted octanol–water partition coefficient (Wildman–Crippen LogP) is -1.01. The standard InChI is InChI=1S/C11H17N3O2/c1-3-6-12-11(16)8(2)14-9-4-5-10(15)13-7-9/h1,8-9,14H,4-7H2,2H3,(H,12,16)(H,13,15). The molecule has 1 heterocycles. The molecular formula is C11H17N3O2. The molecule has 5 heteroatoms. The van der Waals surface area contributed by atoms with Crippen molar-refractivity contribution in [1.82, 2.24) is 16.0 Å². The van der Waals surface area contributed by atoms with Crippen LogP contribution < -0.4 is 16.0 Å². The van der Waals surface area contributed by atoms with Crippen molar-refractivity contribution in [3.63, 3.8) is 0 Å². The molecule has 2 amide bonds. The Hall–Kier alpha value is -1.54. The molecule has 0 aromatic heterocycles. The summed E-state index contributed by atoms with van der Waals surface area (Å²) in [4.78, 5) is 22.4. The molecule has 0 bridgehead atoms. The number of rotatable bonds is 4. The lowest BCUT2D eigenvalue weighted by Gasteiger charge is -2.26. The number of amides is 2. The highest BCUT2D eigenvalue weighted by molar-refractivity contribution is 5.81. The van der Waals surface area contributed by atoms with Crippen LogP contribution in [0, 0.1) is 12.3 Å². The van der Waals surface area contributed by atoms with E-state index in [4.69, 9.17) is 6.42 Å². The highest BCUT2D eigenvalue weighted by atomic mass is 16.2. The van der Waals surface area contributed by atoms with Crippen molar-refractivity contribution in [3.8, 4) is 12.3 Å². The van der Waals surface area contributed by atoms with Crippen LogP contribution >= 0.6 is 0 Å². The normalized spacial score (nSPS) is 21.8. The Balaban J connectivity index is 2.28. The van der Waals surface area contributed by atoms with E-state index in [1.54, 1.807) is 6.92 Å². The minimum atomic E-state index is -0.298. The van der Waals surface area contributed by atoms with Crippen LogP contribution in [0.3, 0.4) is 0 Å². The zero-order valence-electron chi connectivity index (χ0n) is 9.38. The monoisotopic (exact) mass is 223 g/mol. The topological polar surface area (TPSA) is 70.2 Å². The molecule has 0 spiro atoms. The summed E-state index contributed by atoms with van der Waals surface area (Å²) in [6.45, 7) is 2.60. The van der Waals surface area contributed by atoms with Crippen LogP contribution in [0.2, 0.25) is 0 Å². The lowest BCUT2D eigenvalue weighted by molar-refractivity contribution is -0.123. The summed E-state index contributed by atoms with van der Waals surface area (Å²) in [7, 11) is 0. The van der Waals surface area contributed by atoms with E-state index in [-0.39, 0.29) is 30.4 Å². The molecule has 88 valence electrons. The molecule has 1 saturated heterocycles. The number of nitrogens with one attached hydrogen (secondary N) is 3. The Kier molecular flexibility index (Phi) is 4.80. The summed E-state index contributed by atoms with van der Waals surface area (Å²) in [6, 6.07) is -0.141. The fourth-order valence-corrected chi connectivity index (χ4v) is 1.60. The Morgan fingerprint density at radius 2 is 2.50 bits per heavy atom. The lowest BCUT2D eigenvalue weighted by atomic mass is 10.1. The third kappa shape index (κ3) is 3.91. The van der Waals surface area contributed by atoms with Gasteiger partial charge >= 0.3 is 0 Å². The molecule has 0 aromatic rings. The number of carbonyl (C=O) groups excluding carboxylic acids is 2. The van der Waals surface area contributed by atoms with Crippen LogP contribution in [0.25, 0.3) is 0 Å². The summed E-state index contributed by atoms with van der Waals surface area (Å²) in [5, 5.41) is 8.51. The molecule has 1 fully saturated rings. The Labute approximate surface area is 95.4 Å². The van der Waals surface area contributed by atoms with E-state index in [0.717, 1.165) is 6.42 Å². The number of piperidine rings is 1. The summed E-state index contributed by atoms with van der Waals surface area (Å²) < 4.78 is 0. The van der Waals surface area contributed by atoms with Gasteiger partial charge in [0.05, 0.1) is 12.6 Å². The molecule has 5 nitrogen and oxygen atoms in total. The van der Waals surface area contributed by atoms with Crippen LogP contribution in [0.15, 0.2) is 0 Å². The maximum absolute atomic E-state index is 11.5. The quantitative estimate of drug-likeness (QED) is 0.535. The first kappa shape index (κ1) is 12.5. The highest BCUT2D eigenvalue weighted by Gasteiger charge is 2.21. The third-order valence-corrected chi connectivity index (χ3v) is 2.51. The summed E-state index contributed by atoms with van der Waals surface area (Å²) in [6.07, 6.45) is 6.32. The van der Waals surface area contributed by atoms with Crippen molar-refractivity contribution in [2.75, 3.05) is 13.1 Å². The van der Waals surface area contributed by atoms with E-state index >= 15 is 0 Å². The zero-order valence-corrected chi connectivity index (χ0v) is 9.38. The first-order chi connectivity index (χ1) is 7.63. The van der Waals surface area contributed by atoms with Gasteiger partial charge in [-0.15, -0.1) is 6.42 Å². The number of hydrogen-bond donors (Lipinski definition) is 3. The van der Waals surface area contributed by atoms with Gasteiger partial charge in [-0.1, -0.05) is 5.92 Å². The molecule has 16 heavy (non-hydrogen) atoms. The van der Waals surface area contributed by atoms with Crippen molar-refractivity contribution >= 4 is 11.8 Å². The van der Waals surface area contributed by atoms with Crippen LogP contribution in [0.4, 0.5) is 0 Å². The van der Waals surface area contributed by atoms with Gasteiger partial charge in [-0.3, -0.25) is 9.59 Å². The average molecular weight is 223 g/mol. The first-order valence-corrected chi connectivity index (χ1v) is 5.37. The van der Waals surface area contributed by atoms with Gasteiger partial charge in [0.25, 0.3) is 0 Å². The second-order valence-electron chi connectivity index (χ2n) is 3.85. The van der Waals surface area contributed by atoms with Gasteiger partial charge in [0.2, 0.25) is 11.8 Å². The fourth-order valence-electron chi connectivity index (χ4n) is 1.60. The minimum absolute atomic E-state index is 0.0717. The van der Waals surface area contributed by atoms with E-state index in [1.807, 2.05) is 0 Å². The van der Waals surface area contributed by atoms with Gasteiger partial charge < -0.3 is 16.0 Å². The first-order valence-electron chi connectivity index (χ1n) is 5.37. The summed E-state index contributed by atoms with van der Waals surface area (Å²) in [5.41, 5.74) is 0. The van der Waals surface area contributed by atoms with Crippen molar-refractivity contribution in [2.45, 2.75) is 31.8 Å². The van der Waals surface area contributed by atoms with Gasteiger partial charge in [-0.05, 0) is 13.3 Å². The molecule has 0 aliphatic carbocycles. The molecule has 0 saturated carbocycles. The van der Waals surface area contributed by atoms with Crippen molar-refractivity contribution in [2.24, 2.45) is 0 Å². The number of terminal acetylenes is 1. The van der Waals surface area contributed by atoms with Gasteiger partial charge in [0, 0.05) is 19.0 Å². The second kappa shape index (κ2) is 6.13. The molecule has 0 radical (unpaired) electrons. The van der Waals surface area contributed by atoms with Crippen molar-refractivity contribution in [1.29, 1.82) is 0 Å². The zero-order chi connectivity index (χ0) is 12.0. The molecule has 2 atom stereocenters. The van der Waals surface area contributed by atoms with Crippen LogP contribution in [-0.2, 0) is 9.59 Å². The highest BCUT2D eigenvalue weighted by Crippen LogP contribution is 2.03. The average Bonchev–Trinajstić information content (AvgIpc) is 2.29. The molecule has 1 aliphatic rings. The Morgan fingerprint density at radius 1 is 1.75 bits per heavy atom. The maximum Gasteiger partial charge on any atom is 0.237 e. The smallest absolute Gasteiger partial charge is 0.237 e. The van der Waals surface area contributed by atoms with Gasteiger partial charge in [-0.2, -0.15) is 0 Å². The Bertz CT molecular complexity index is 299. The maximum atomic E-state index is 11.5. The van der Waals surface area contributed by atoms with Gasteiger partial charge in [-0.25, -0.2) is 0 Å². The molecule has 2 unspecified atom stereocenters. The molecule has 0 aromatic carbocycles. The Morgan fingerprint density at radius 3 is 3.06 bits per heavy atom. The minimum Gasteiger partial charge on any atom is -0.355 e. The molecule has 1 rings (SSSR count). The SMILES string of the molecule is C#CCNC(=O)C(C)NC1CCC(=O)NC1. The van der Waals surface area contributed by atoms with Crippen LogP contribution in [0.5, 0.6) is 0 Å². The van der Waals surface area contributed by atoms with E-state index in [1.165, 1.54) is 0 Å². The lowest BCUT2D eigenvalue weighted by Crippen LogP contribution is -2.52. The third-order valence-electron chi connectivity index (χ3n) is 2.51. The van der Waals surface area contributed by atoms with Crippen molar-refractivity contribution < 1.29 is 9.59 Å². The van der Waals surface area contributed by atoms with E-state index in [9.17, 15) is 9.59 Å². The van der Waals surface area contributed by atoms with Crippen LogP contribution in [0.1, 0.15) is 19.8 Å². The largest absolute Gasteiger partial charge is 0.355 e. The predicted molar refractivity (Wildman–Crippen MR) is 60.5 cm³/mol. The van der Waals surface area contributed by atoms with E-state index < -0.39 is 0 Å². The second-order valence-corrected chi connectivity index (χ2v) is 3.85. The van der Waals surface area contributed by atoms with Crippen LogP contribution in [-0.4, -0.2) is 37.0 Å². The van der Waals surface area contributed by atoms with E-state index in [0.29, 0.717) is 13.0 Å². The molecular weight excluding hydrogens is 206 g/mol. The fraction of sp³-hybridized carbons (Fsp3) is 0.636. The molecule has 3 N–H and O–H groups in total. The molecule has 1 aliphatic heterocycles. The summed E-state index contributed by atoms with van der Waals surface area (Å²) in [5.74, 6) is 2.30. The van der Waals surface area contributed by atoms with Gasteiger partial charge in [0.1, 0.15) is 0 Å².